The summed E-state index contributed by atoms with van der Waals surface area (Å²) in [7, 11) is -3.66. The van der Waals surface area contributed by atoms with Crippen LogP contribution < -0.4 is 9.62 Å². The minimum atomic E-state index is -3.66. The molecule has 0 saturated carbocycles. The number of hydrogen-bond acceptors (Lipinski definition) is 4. The van der Waals surface area contributed by atoms with E-state index in [-0.39, 0.29) is 50.2 Å². The second-order valence-corrected chi connectivity index (χ2v) is 13.8. The number of hydrogen-bond donors (Lipinski definition) is 1. The molecule has 0 unspecified atom stereocenters. The van der Waals surface area contributed by atoms with Crippen molar-refractivity contribution in [1.29, 1.82) is 0 Å². The Balaban J connectivity index is 1.94. The minimum Gasteiger partial charge on any atom is -0.352 e. The lowest BCUT2D eigenvalue weighted by atomic mass is 10.0. The zero-order valence-electron chi connectivity index (χ0n) is 24.8. The van der Waals surface area contributed by atoms with Crippen LogP contribution in [0.4, 0.5) is 5.69 Å². The minimum absolute atomic E-state index is 0.00125. The van der Waals surface area contributed by atoms with Crippen molar-refractivity contribution in [3.05, 3.63) is 98.5 Å². The molecule has 0 aromatic heterocycles. The molecule has 0 aliphatic heterocycles. The molecular formula is C32H38Cl3N3O4S. The van der Waals surface area contributed by atoms with Crippen molar-refractivity contribution in [3.63, 3.8) is 0 Å². The van der Waals surface area contributed by atoms with Gasteiger partial charge in [0.05, 0.1) is 11.9 Å². The van der Waals surface area contributed by atoms with E-state index in [0.29, 0.717) is 31.9 Å². The molecule has 3 aromatic rings. The third-order valence-corrected chi connectivity index (χ3v) is 9.46. The van der Waals surface area contributed by atoms with E-state index in [2.05, 4.69) is 5.32 Å². The van der Waals surface area contributed by atoms with Gasteiger partial charge in [-0.05, 0) is 67.6 Å². The van der Waals surface area contributed by atoms with Crippen LogP contribution in [0.3, 0.4) is 0 Å². The fraction of sp³-hybridized carbons (Fsp3) is 0.375. The van der Waals surface area contributed by atoms with Crippen molar-refractivity contribution in [2.24, 2.45) is 0 Å². The number of rotatable bonds is 14. The summed E-state index contributed by atoms with van der Waals surface area (Å²) in [6, 6.07) is 18.7. The Morgan fingerprint density at radius 2 is 1.65 bits per heavy atom. The van der Waals surface area contributed by atoms with Crippen molar-refractivity contribution in [1.82, 2.24) is 10.2 Å². The van der Waals surface area contributed by atoms with Crippen LogP contribution >= 0.6 is 34.8 Å². The fourth-order valence-electron chi connectivity index (χ4n) is 4.68. The van der Waals surface area contributed by atoms with E-state index < -0.39 is 16.1 Å². The number of carbonyl (C=O) groups is 2. The van der Waals surface area contributed by atoms with Crippen LogP contribution in [-0.4, -0.2) is 50.0 Å². The molecule has 0 bridgehead atoms. The molecule has 7 nitrogen and oxygen atoms in total. The first-order valence-corrected chi connectivity index (χ1v) is 17.1. The molecular weight excluding hydrogens is 629 g/mol. The van der Waals surface area contributed by atoms with Gasteiger partial charge in [0.15, 0.2) is 0 Å². The summed E-state index contributed by atoms with van der Waals surface area (Å²) in [6.45, 7) is 5.77. The van der Waals surface area contributed by atoms with Gasteiger partial charge in [-0.2, -0.15) is 0 Å². The molecule has 3 aromatic carbocycles. The van der Waals surface area contributed by atoms with Gasteiger partial charge in [0.1, 0.15) is 6.04 Å². The van der Waals surface area contributed by atoms with Crippen LogP contribution in [0, 0.1) is 6.92 Å². The quantitative estimate of drug-likeness (QED) is 0.200. The van der Waals surface area contributed by atoms with Crippen molar-refractivity contribution in [2.45, 2.75) is 65.1 Å². The fourth-order valence-corrected chi connectivity index (χ4v) is 6.33. The smallest absolute Gasteiger partial charge is 0.243 e. The first-order chi connectivity index (χ1) is 20.3. The van der Waals surface area contributed by atoms with Crippen LogP contribution in [0.1, 0.15) is 49.8 Å². The normalized spacial score (nSPS) is 12.8. The molecule has 2 amide bonds. The number of anilines is 1. The first kappa shape index (κ1) is 34.7. The summed E-state index contributed by atoms with van der Waals surface area (Å²) in [6.07, 6.45) is 2.36. The Labute approximate surface area is 270 Å². The van der Waals surface area contributed by atoms with Crippen molar-refractivity contribution in [3.8, 4) is 0 Å². The summed E-state index contributed by atoms with van der Waals surface area (Å²) >= 11 is 18.9. The highest BCUT2D eigenvalue weighted by atomic mass is 35.5. The second-order valence-electron chi connectivity index (χ2n) is 10.6. The number of sulfonamides is 1. The Kier molecular flexibility index (Phi) is 12.8. The van der Waals surface area contributed by atoms with Crippen LogP contribution in [0.25, 0.3) is 0 Å². The highest BCUT2D eigenvalue weighted by Gasteiger charge is 2.31. The van der Waals surface area contributed by atoms with Crippen LogP contribution in [0.2, 0.25) is 15.1 Å². The van der Waals surface area contributed by atoms with E-state index in [0.717, 1.165) is 18.2 Å². The van der Waals surface area contributed by atoms with E-state index in [1.807, 2.05) is 44.2 Å². The van der Waals surface area contributed by atoms with Gasteiger partial charge in [-0.25, -0.2) is 8.42 Å². The Morgan fingerprint density at radius 3 is 2.28 bits per heavy atom. The predicted octanol–water partition coefficient (Wildman–Crippen LogP) is 7.06. The summed E-state index contributed by atoms with van der Waals surface area (Å²) in [5.74, 6) is -0.577. The van der Waals surface area contributed by atoms with Crippen molar-refractivity contribution in [2.75, 3.05) is 17.1 Å². The van der Waals surface area contributed by atoms with Gasteiger partial charge in [0.25, 0.3) is 0 Å². The maximum atomic E-state index is 14.0. The van der Waals surface area contributed by atoms with Gasteiger partial charge in [0.2, 0.25) is 21.8 Å². The maximum Gasteiger partial charge on any atom is 0.243 e. The average molecular weight is 667 g/mol. The molecule has 0 heterocycles. The Bertz CT molecular complexity index is 1520. The van der Waals surface area contributed by atoms with Crippen molar-refractivity contribution < 1.29 is 18.0 Å². The van der Waals surface area contributed by atoms with Gasteiger partial charge in [-0.3, -0.25) is 13.9 Å². The number of carbonyl (C=O) groups excluding carboxylic acids is 2. The molecule has 0 saturated heterocycles. The monoisotopic (exact) mass is 665 g/mol. The van der Waals surface area contributed by atoms with Gasteiger partial charge < -0.3 is 10.2 Å². The molecule has 0 aliphatic rings. The molecule has 1 N–H and O–H groups in total. The van der Waals surface area contributed by atoms with E-state index in [1.165, 1.54) is 9.21 Å². The SMILES string of the molecule is CC[C@H](C)NC(=O)[C@H](Cc1ccccc1)N(Cc1ccc(Cl)cc1Cl)C(=O)CCCN(c1cccc(Cl)c1C)S(C)(=O)=O. The molecule has 43 heavy (non-hydrogen) atoms. The summed E-state index contributed by atoms with van der Waals surface area (Å²) in [5, 5.41) is 4.32. The topological polar surface area (TPSA) is 86.8 Å². The number of nitrogens with one attached hydrogen (secondary N) is 1. The molecule has 0 radical (unpaired) electrons. The molecule has 0 aliphatic carbocycles. The van der Waals surface area contributed by atoms with Crippen LogP contribution in [-0.2, 0) is 32.6 Å². The van der Waals surface area contributed by atoms with Crippen molar-refractivity contribution >= 4 is 62.3 Å². The molecule has 11 heteroatoms. The van der Waals surface area contributed by atoms with E-state index >= 15 is 0 Å². The van der Waals surface area contributed by atoms with Gasteiger partial charge in [-0.1, -0.05) is 84.2 Å². The van der Waals surface area contributed by atoms with Crippen LogP contribution in [0.15, 0.2) is 66.7 Å². The lowest BCUT2D eigenvalue weighted by molar-refractivity contribution is -0.141. The zero-order chi connectivity index (χ0) is 31.7. The van der Waals surface area contributed by atoms with Gasteiger partial charge >= 0.3 is 0 Å². The lowest BCUT2D eigenvalue weighted by Crippen LogP contribution is -2.52. The zero-order valence-corrected chi connectivity index (χ0v) is 27.9. The first-order valence-electron chi connectivity index (χ1n) is 14.1. The summed E-state index contributed by atoms with van der Waals surface area (Å²) in [5.41, 5.74) is 2.62. The average Bonchev–Trinajstić information content (AvgIpc) is 2.95. The summed E-state index contributed by atoms with van der Waals surface area (Å²) in [4.78, 5) is 29.2. The highest BCUT2D eigenvalue weighted by molar-refractivity contribution is 7.92. The molecule has 0 spiro atoms. The van der Waals surface area contributed by atoms with E-state index in [4.69, 9.17) is 34.8 Å². The maximum absolute atomic E-state index is 14.0. The standard InChI is InChI=1S/C32H38Cl3N3O4S/c1-5-22(2)36-32(40)30(19-24-11-7-6-8-12-24)37(21-25-16-17-26(33)20-28(25)35)31(39)15-10-18-38(43(4,41)42)29-14-9-13-27(34)23(29)3/h6-9,11-14,16-17,20,22,30H,5,10,15,18-19,21H2,1-4H3,(H,36,40)/t22-,30-/m0/s1. The third-order valence-electron chi connectivity index (χ3n) is 7.29. The third kappa shape index (κ3) is 9.86. The molecule has 3 rings (SSSR count). The number of nitrogens with zero attached hydrogens (tertiary/aromatic N) is 2. The molecule has 0 fully saturated rings. The number of amides is 2. The van der Waals surface area contributed by atoms with E-state index in [9.17, 15) is 18.0 Å². The Morgan fingerprint density at radius 1 is 0.953 bits per heavy atom. The van der Waals surface area contributed by atoms with Crippen LogP contribution in [0.5, 0.6) is 0 Å². The lowest BCUT2D eigenvalue weighted by Gasteiger charge is -2.33. The number of benzene rings is 3. The van der Waals surface area contributed by atoms with Gasteiger partial charge in [-0.15, -0.1) is 0 Å². The second kappa shape index (κ2) is 15.8. The Hall–Kier alpha value is -2.78. The predicted molar refractivity (Wildman–Crippen MR) is 176 cm³/mol. The summed E-state index contributed by atoms with van der Waals surface area (Å²) < 4.78 is 26.8. The van der Waals surface area contributed by atoms with E-state index in [1.54, 1.807) is 43.3 Å². The van der Waals surface area contributed by atoms with Gasteiger partial charge in [0, 0.05) is 47.0 Å². The molecule has 232 valence electrons. The number of halogens is 3. The molecule has 2 atom stereocenters. The largest absolute Gasteiger partial charge is 0.352 e. The highest BCUT2D eigenvalue weighted by Crippen LogP contribution is 2.29.